The highest BCUT2D eigenvalue weighted by Crippen LogP contribution is 2.44. The van der Waals surface area contributed by atoms with E-state index in [4.69, 9.17) is 9.15 Å². The Kier molecular flexibility index (Phi) is 6.27. The second-order valence-corrected chi connectivity index (χ2v) is 10.5. The summed E-state index contributed by atoms with van der Waals surface area (Å²) in [6, 6.07) is 12.1. The molecule has 2 aromatic carbocycles. The lowest BCUT2D eigenvalue weighted by molar-refractivity contribution is 0.0929. The Morgan fingerprint density at radius 1 is 1.30 bits per heavy atom. The first kappa shape index (κ1) is 23.4. The molecule has 0 fully saturated rings. The fourth-order valence-corrected chi connectivity index (χ4v) is 5.55. The van der Waals surface area contributed by atoms with Crippen LogP contribution in [0.2, 0.25) is 0 Å². The van der Waals surface area contributed by atoms with E-state index in [1.807, 2.05) is 12.1 Å². The number of hydrazone groups is 1. The number of benzene rings is 2. The van der Waals surface area contributed by atoms with Crippen LogP contribution in [0.1, 0.15) is 68.6 Å². The lowest BCUT2D eigenvalue weighted by atomic mass is 9.79. The second-order valence-electron chi connectivity index (χ2n) is 9.54. The summed E-state index contributed by atoms with van der Waals surface area (Å²) in [6.07, 6.45) is 2.76. The molecule has 0 saturated heterocycles. The van der Waals surface area contributed by atoms with Gasteiger partial charge in [0, 0.05) is 27.1 Å². The van der Waals surface area contributed by atoms with Crippen molar-refractivity contribution in [2.24, 2.45) is 5.10 Å². The molecule has 33 heavy (non-hydrogen) atoms. The van der Waals surface area contributed by atoms with Crippen LogP contribution in [0.15, 0.2) is 50.4 Å². The summed E-state index contributed by atoms with van der Waals surface area (Å²) in [5, 5.41) is 4.94. The first-order valence-corrected chi connectivity index (χ1v) is 11.9. The lowest BCUT2D eigenvalue weighted by Gasteiger charge is -2.50. The highest BCUT2D eigenvalue weighted by atomic mass is 79.9. The quantitative estimate of drug-likeness (QED) is 0.314. The number of amides is 1. The minimum Gasteiger partial charge on any atom is -0.493 e. The number of rotatable bonds is 5. The normalized spacial score (nSPS) is 17.6. The van der Waals surface area contributed by atoms with Gasteiger partial charge < -0.3 is 14.1 Å². The monoisotopic (exact) mass is 511 g/mol. The summed E-state index contributed by atoms with van der Waals surface area (Å²) in [5.41, 5.74) is 6.73. The minimum atomic E-state index is -0.417. The van der Waals surface area contributed by atoms with E-state index in [-0.39, 0.29) is 11.3 Å². The van der Waals surface area contributed by atoms with E-state index in [1.165, 1.54) is 11.3 Å². The predicted molar refractivity (Wildman–Crippen MR) is 137 cm³/mol. The zero-order valence-electron chi connectivity index (χ0n) is 19.9. The molecular weight excluding hydrogens is 482 g/mol. The van der Waals surface area contributed by atoms with Gasteiger partial charge in [-0.2, -0.15) is 5.10 Å². The maximum absolute atomic E-state index is 12.6. The van der Waals surface area contributed by atoms with Crippen molar-refractivity contribution in [3.05, 3.63) is 57.8 Å². The number of halogens is 1. The van der Waals surface area contributed by atoms with Crippen LogP contribution in [-0.2, 0) is 0 Å². The van der Waals surface area contributed by atoms with Crippen LogP contribution in [0, 0.1) is 0 Å². The molecule has 1 atom stereocenters. The van der Waals surface area contributed by atoms with Gasteiger partial charge in [-0.1, -0.05) is 28.9 Å². The molecule has 174 valence electrons. The van der Waals surface area contributed by atoms with E-state index in [1.54, 1.807) is 25.5 Å². The molecular formula is C26H30BrN3O3. The van der Waals surface area contributed by atoms with Gasteiger partial charge >= 0.3 is 5.91 Å². The summed E-state index contributed by atoms with van der Waals surface area (Å²) in [5.74, 6) is 0.758. The van der Waals surface area contributed by atoms with Gasteiger partial charge in [0.25, 0.3) is 0 Å². The molecule has 0 radical (unpaired) electrons. The molecule has 1 unspecified atom stereocenters. The van der Waals surface area contributed by atoms with Crippen molar-refractivity contribution in [1.82, 2.24) is 5.43 Å². The van der Waals surface area contributed by atoms with E-state index in [9.17, 15) is 4.79 Å². The van der Waals surface area contributed by atoms with Gasteiger partial charge in [-0.15, -0.1) is 0 Å². The average Bonchev–Trinajstić information content (AvgIpc) is 3.16. The first-order valence-electron chi connectivity index (χ1n) is 11.1. The number of carbonyl (C=O) groups is 1. The van der Waals surface area contributed by atoms with Crippen LogP contribution >= 0.6 is 15.9 Å². The molecule has 1 aliphatic heterocycles. The van der Waals surface area contributed by atoms with Crippen LogP contribution in [0.25, 0.3) is 11.0 Å². The smallest absolute Gasteiger partial charge is 0.307 e. The Bertz CT molecular complexity index is 1230. The molecule has 3 aromatic rings. The van der Waals surface area contributed by atoms with Crippen LogP contribution in [0.5, 0.6) is 5.75 Å². The van der Waals surface area contributed by atoms with Crippen LogP contribution in [0.3, 0.4) is 0 Å². The van der Waals surface area contributed by atoms with Gasteiger partial charge in [-0.25, -0.2) is 5.43 Å². The number of carbonyl (C=O) groups excluding carboxylic acids is 1. The van der Waals surface area contributed by atoms with Crippen LogP contribution < -0.4 is 15.1 Å². The van der Waals surface area contributed by atoms with Crippen molar-refractivity contribution >= 4 is 44.7 Å². The van der Waals surface area contributed by atoms with E-state index >= 15 is 0 Å². The molecule has 1 aliphatic rings. The maximum Gasteiger partial charge on any atom is 0.307 e. The highest BCUT2D eigenvalue weighted by Gasteiger charge is 2.37. The first-order chi connectivity index (χ1) is 15.6. The van der Waals surface area contributed by atoms with E-state index in [2.05, 4.69) is 78.1 Å². The van der Waals surface area contributed by atoms with Crippen LogP contribution in [0.4, 0.5) is 5.69 Å². The molecule has 7 heteroatoms. The number of hydrogen-bond acceptors (Lipinski definition) is 5. The third-order valence-electron chi connectivity index (χ3n) is 6.19. The number of ether oxygens (including phenoxy) is 1. The van der Waals surface area contributed by atoms with Gasteiger partial charge in [-0.05, 0) is 81.5 Å². The molecule has 1 aromatic heterocycles. The largest absolute Gasteiger partial charge is 0.493 e. The number of nitrogens with one attached hydrogen (secondary N) is 1. The third kappa shape index (κ3) is 4.51. The Hall–Kier alpha value is -2.80. The van der Waals surface area contributed by atoms with Gasteiger partial charge in [0.15, 0.2) is 17.1 Å². The standard InChI is InChI=1S/C26H30BrN3O3/c1-15(2)30-21-8-7-17(9-20(21)16(3)13-26(30,4)5)14-28-29-25(31)23-11-18-10-19(27)12-22(32-6)24(18)33-23/h7-12,14-16H,13H2,1-6H3,(H,29,31)/b28-14+. The van der Waals surface area contributed by atoms with E-state index in [0.29, 0.717) is 23.3 Å². The second kappa shape index (κ2) is 8.86. The summed E-state index contributed by atoms with van der Waals surface area (Å²) in [4.78, 5) is 15.1. The van der Waals surface area contributed by atoms with Gasteiger partial charge in [0.1, 0.15) is 0 Å². The summed E-state index contributed by atoms with van der Waals surface area (Å²) >= 11 is 3.44. The van der Waals surface area contributed by atoms with E-state index < -0.39 is 5.91 Å². The average molecular weight is 512 g/mol. The molecule has 4 rings (SSSR count). The third-order valence-corrected chi connectivity index (χ3v) is 6.64. The van der Waals surface area contributed by atoms with Gasteiger partial charge in [-0.3, -0.25) is 4.79 Å². The molecule has 0 bridgehead atoms. The zero-order valence-corrected chi connectivity index (χ0v) is 21.5. The lowest BCUT2D eigenvalue weighted by Crippen LogP contribution is -2.51. The number of furan rings is 1. The number of methoxy groups -OCH3 is 1. The Morgan fingerprint density at radius 3 is 2.76 bits per heavy atom. The SMILES string of the molecule is COc1cc(Br)cc2cc(C(=O)N/N=C/c3ccc4c(c3)C(C)CC(C)(C)N4C(C)C)oc12. The number of nitrogens with zero attached hydrogens (tertiary/aromatic N) is 2. The van der Waals surface area contributed by atoms with Crippen molar-refractivity contribution in [3.8, 4) is 5.75 Å². The number of fused-ring (bicyclic) bond motifs is 2. The summed E-state index contributed by atoms with van der Waals surface area (Å²) in [6.45, 7) is 11.4. The molecule has 2 heterocycles. The Morgan fingerprint density at radius 2 is 2.06 bits per heavy atom. The Labute approximate surface area is 203 Å². The molecule has 0 saturated carbocycles. The molecule has 6 nitrogen and oxygen atoms in total. The number of anilines is 1. The van der Waals surface area contributed by atoms with E-state index in [0.717, 1.165) is 21.8 Å². The topological polar surface area (TPSA) is 67.1 Å². The Balaban J connectivity index is 1.53. The van der Waals surface area contributed by atoms with Crippen molar-refractivity contribution in [2.45, 2.75) is 58.5 Å². The molecule has 1 N–H and O–H groups in total. The fourth-order valence-electron chi connectivity index (χ4n) is 5.10. The summed E-state index contributed by atoms with van der Waals surface area (Å²) < 4.78 is 11.9. The number of hydrogen-bond donors (Lipinski definition) is 1. The summed E-state index contributed by atoms with van der Waals surface area (Å²) in [7, 11) is 1.56. The molecule has 1 amide bonds. The maximum atomic E-state index is 12.6. The molecule has 0 spiro atoms. The van der Waals surface area contributed by atoms with Gasteiger partial charge in [0.2, 0.25) is 0 Å². The van der Waals surface area contributed by atoms with Gasteiger partial charge in [0.05, 0.1) is 13.3 Å². The predicted octanol–water partition coefficient (Wildman–Crippen LogP) is 6.47. The van der Waals surface area contributed by atoms with Crippen molar-refractivity contribution < 1.29 is 13.9 Å². The highest BCUT2D eigenvalue weighted by molar-refractivity contribution is 9.10. The van der Waals surface area contributed by atoms with Crippen LogP contribution in [-0.4, -0.2) is 30.8 Å². The van der Waals surface area contributed by atoms with Crippen molar-refractivity contribution in [3.63, 3.8) is 0 Å². The van der Waals surface area contributed by atoms with Crippen molar-refractivity contribution in [1.29, 1.82) is 0 Å². The zero-order chi connectivity index (χ0) is 23.9. The minimum absolute atomic E-state index is 0.106. The molecule has 0 aliphatic carbocycles. The fraction of sp³-hybridized carbons (Fsp3) is 0.385. The van der Waals surface area contributed by atoms with Crippen molar-refractivity contribution in [2.75, 3.05) is 12.0 Å².